The maximum absolute atomic E-state index is 12.9. The summed E-state index contributed by atoms with van der Waals surface area (Å²) < 4.78 is 27.3. The van der Waals surface area contributed by atoms with Gasteiger partial charge < -0.3 is 4.90 Å². The van der Waals surface area contributed by atoms with Crippen LogP contribution >= 0.6 is 0 Å². The van der Waals surface area contributed by atoms with Gasteiger partial charge in [0.15, 0.2) is 5.69 Å². The van der Waals surface area contributed by atoms with Crippen molar-refractivity contribution >= 4 is 26.8 Å². The third-order valence-corrected chi connectivity index (χ3v) is 6.27. The molecule has 134 valence electrons. The molecule has 1 aromatic heterocycles. The van der Waals surface area contributed by atoms with E-state index >= 15 is 0 Å². The molecule has 25 heavy (non-hydrogen) atoms. The Morgan fingerprint density at radius 1 is 1.28 bits per heavy atom. The number of nitrogens with one attached hydrogen (secondary N) is 1. The third-order valence-electron chi connectivity index (χ3n) is 5.55. The summed E-state index contributed by atoms with van der Waals surface area (Å²) in [5.41, 5.74) is 1.47. The highest BCUT2D eigenvalue weighted by Crippen LogP contribution is 2.54. The first-order valence-corrected chi connectivity index (χ1v) is 10.4. The molecule has 8 heteroatoms. The molecule has 1 unspecified atom stereocenters. The van der Waals surface area contributed by atoms with Crippen LogP contribution in [0.1, 0.15) is 29.8 Å². The minimum absolute atomic E-state index is 0.0235. The number of hydrogen-bond acceptors (Lipinski definition) is 4. The van der Waals surface area contributed by atoms with Crippen molar-refractivity contribution in [3.05, 3.63) is 30.0 Å². The standard InChI is InChI=1S/C17H22N4O3S/c1-20-13-6-4-3-5-12(13)15(18-20)16(22)21-9-7-17(8-10-21)11-14(17)19-25(2,23)24/h3-6,14,19H,7-11H2,1-2H3. The van der Waals surface area contributed by atoms with Gasteiger partial charge in [-0.1, -0.05) is 18.2 Å². The number of benzene rings is 1. The van der Waals surface area contributed by atoms with Crippen LogP contribution in [0.3, 0.4) is 0 Å². The average Bonchev–Trinajstić information content (AvgIpc) is 3.08. The van der Waals surface area contributed by atoms with Gasteiger partial charge in [0.2, 0.25) is 10.0 Å². The van der Waals surface area contributed by atoms with Crippen LogP contribution in [0.15, 0.2) is 24.3 Å². The molecular formula is C17H22N4O3S. The van der Waals surface area contributed by atoms with E-state index in [1.54, 1.807) is 4.68 Å². The van der Waals surface area contributed by atoms with Crippen molar-refractivity contribution in [3.8, 4) is 0 Å². The van der Waals surface area contributed by atoms with Gasteiger partial charge in [0, 0.05) is 31.6 Å². The minimum Gasteiger partial charge on any atom is -0.337 e. The highest BCUT2D eigenvalue weighted by atomic mass is 32.2. The van der Waals surface area contributed by atoms with E-state index in [1.165, 1.54) is 6.26 Å². The summed E-state index contributed by atoms with van der Waals surface area (Å²) >= 11 is 0. The molecule has 1 aliphatic carbocycles. The lowest BCUT2D eigenvalue weighted by Gasteiger charge is -2.32. The molecule has 2 heterocycles. The van der Waals surface area contributed by atoms with Gasteiger partial charge in [0.1, 0.15) is 0 Å². The van der Waals surface area contributed by atoms with E-state index in [0.29, 0.717) is 18.8 Å². The fraction of sp³-hybridized carbons (Fsp3) is 0.529. The summed E-state index contributed by atoms with van der Waals surface area (Å²) in [5, 5.41) is 5.29. The molecule has 1 N–H and O–H groups in total. The Kier molecular flexibility index (Phi) is 3.66. The normalized spacial score (nSPS) is 22.5. The lowest BCUT2D eigenvalue weighted by Crippen LogP contribution is -2.41. The number of rotatable bonds is 3. The minimum atomic E-state index is -3.17. The highest BCUT2D eigenvalue weighted by Gasteiger charge is 2.56. The van der Waals surface area contributed by atoms with Crippen LogP contribution < -0.4 is 4.72 Å². The van der Waals surface area contributed by atoms with E-state index in [4.69, 9.17) is 0 Å². The number of carbonyl (C=O) groups is 1. The Hall–Kier alpha value is -1.93. The predicted octanol–water partition coefficient (Wildman–Crippen LogP) is 1.12. The Bertz CT molecular complexity index is 942. The molecule has 7 nitrogen and oxygen atoms in total. The van der Waals surface area contributed by atoms with Crippen molar-refractivity contribution in [1.29, 1.82) is 0 Å². The second-order valence-corrected chi connectivity index (χ2v) is 9.07. The van der Waals surface area contributed by atoms with E-state index in [2.05, 4.69) is 9.82 Å². The van der Waals surface area contributed by atoms with Crippen LogP contribution in [0.25, 0.3) is 10.9 Å². The lowest BCUT2D eigenvalue weighted by molar-refractivity contribution is 0.0669. The second kappa shape index (κ2) is 5.54. The molecule has 1 saturated carbocycles. The van der Waals surface area contributed by atoms with Crippen LogP contribution in [0.4, 0.5) is 0 Å². The van der Waals surface area contributed by atoms with Gasteiger partial charge >= 0.3 is 0 Å². The lowest BCUT2D eigenvalue weighted by atomic mass is 9.92. The van der Waals surface area contributed by atoms with Gasteiger partial charge in [-0.15, -0.1) is 0 Å². The highest BCUT2D eigenvalue weighted by molar-refractivity contribution is 7.88. The van der Waals surface area contributed by atoms with Gasteiger partial charge in [-0.3, -0.25) is 9.48 Å². The first-order valence-electron chi connectivity index (χ1n) is 8.47. The molecule has 1 aliphatic heterocycles. The van der Waals surface area contributed by atoms with Crippen molar-refractivity contribution in [1.82, 2.24) is 19.4 Å². The summed E-state index contributed by atoms with van der Waals surface area (Å²) in [6, 6.07) is 7.75. The number of aryl methyl sites for hydroxylation is 1. The van der Waals surface area contributed by atoms with Crippen molar-refractivity contribution in [2.24, 2.45) is 12.5 Å². The van der Waals surface area contributed by atoms with Gasteiger partial charge in [-0.25, -0.2) is 13.1 Å². The molecule has 1 spiro atoms. The predicted molar refractivity (Wildman–Crippen MR) is 94.7 cm³/mol. The maximum atomic E-state index is 12.9. The van der Waals surface area contributed by atoms with E-state index in [9.17, 15) is 13.2 Å². The number of piperidine rings is 1. The van der Waals surface area contributed by atoms with Crippen molar-refractivity contribution in [3.63, 3.8) is 0 Å². The van der Waals surface area contributed by atoms with Crippen molar-refractivity contribution in [2.75, 3.05) is 19.3 Å². The van der Waals surface area contributed by atoms with Gasteiger partial charge in [-0.05, 0) is 30.7 Å². The zero-order chi connectivity index (χ0) is 17.8. The molecule has 2 aromatic rings. The van der Waals surface area contributed by atoms with Crippen molar-refractivity contribution < 1.29 is 13.2 Å². The Balaban J connectivity index is 1.47. The SMILES string of the molecule is Cn1nc(C(=O)N2CCC3(CC2)CC3NS(C)(=O)=O)c2ccccc21. The van der Waals surface area contributed by atoms with Crippen LogP contribution in [0, 0.1) is 5.41 Å². The molecule has 1 amide bonds. The second-order valence-electron chi connectivity index (χ2n) is 7.29. The summed E-state index contributed by atoms with van der Waals surface area (Å²) in [5.74, 6) is -0.0417. The number of aromatic nitrogens is 2. The number of fused-ring (bicyclic) bond motifs is 1. The maximum Gasteiger partial charge on any atom is 0.275 e. The number of hydrogen-bond donors (Lipinski definition) is 1. The van der Waals surface area contributed by atoms with E-state index in [1.807, 2.05) is 36.2 Å². The molecule has 1 aromatic carbocycles. The third kappa shape index (κ3) is 2.93. The van der Waals surface area contributed by atoms with Crippen molar-refractivity contribution in [2.45, 2.75) is 25.3 Å². The number of carbonyl (C=O) groups excluding carboxylic acids is 1. The fourth-order valence-corrected chi connectivity index (χ4v) is 4.85. The first kappa shape index (κ1) is 16.5. The topological polar surface area (TPSA) is 84.3 Å². The average molecular weight is 362 g/mol. The van der Waals surface area contributed by atoms with E-state index in [0.717, 1.165) is 30.2 Å². The van der Waals surface area contributed by atoms with Crippen LogP contribution in [-0.4, -0.2) is 54.4 Å². The van der Waals surface area contributed by atoms with Crippen LogP contribution in [0.2, 0.25) is 0 Å². The van der Waals surface area contributed by atoms with Gasteiger partial charge in [-0.2, -0.15) is 5.10 Å². The quantitative estimate of drug-likeness (QED) is 0.887. The molecular weight excluding hydrogens is 340 g/mol. The Morgan fingerprint density at radius 3 is 2.64 bits per heavy atom. The summed E-state index contributed by atoms with van der Waals surface area (Å²) in [6.45, 7) is 1.29. The molecule has 1 atom stereocenters. The fourth-order valence-electron chi connectivity index (χ4n) is 4.00. The zero-order valence-corrected chi connectivity index (χ0v) is 15.2. The Morgan fingerprint density at radius 2 is 1.96 bits per heavy atom. The smallest absolute Gasteiger partial charge is 0.275 e. The number of nitrogens with zero attached hydrogens (tertiary/aromatic N) is 3. The molecule has 1 saturated heterocycles. The number of likely N-dealkylation sites (tertiary alicyclic amines) is 1. The molecule has 0 bridgehead atoms. The van der Waals surface area contributed by atoms with Gasteiger partial charge in [0.25, 0.3) is 5.91 Å². The summed E-state index contributed by atoms with van der Waals surface area (Å²) in [7, 11) is -1.33. The van der Waals surface area contributed by atoms with Crippen LogP contribution in [0.5, 0.6) is 0 Å². The monoisotopic (exact) mass is 362 g/mol. The molecule has 2 fully saturated rings. The van der Waals surface area contributed by atoms with Gasteiger partial charge in [0.05, 0.1) is 11.8 Å². The number of para-hydroxylation sites is 1. The molecule has 2 aliphatic rings. The number of sulfonamides is 1. The largest absolute Gasteiger partial charge is 0.337 e. The first-order chi connectivity index (χ1) is 11.8. The Labute approximate surface area is 147 Å². The summed E-state index contributed by atoms with van der Waals surface area (Å²) in [6.07, 6.45) is 3.73. The summed E-state index contributed by atoms with van der Waals surface area (Å²) in [4.78, 5) is 14.8. The molecule has 0 radical (unpaired) electrons. The number of amides is 1. The van der Waals surface area contributed by atoms with E-state index in [-0.39, 0.29) is 17.4 Å². The zero-order valence-electron chi connectivity index (χ0n) is 14.4. The molecule has 4 rings (SSSR count). The van der Waals surface area contributed by atoms with E-state index < -0.39 is 10.0 Å². The van der Waals surface area contributed by atoms with Crippen LogP contribution in [-0.2, 0) is 17.1 Å².